The largest absolute Gasteiger partial charge is 0.372 e. The van der Waals surface area contributed by atoms with Crippen LogP contribution in [0.2, 0.25) is 0 Å². The van der Waals surface area contributed by atoms with Gasteiger partial charge in [0.25, 0.3) is 11.8 Å². The van der Waals surface area contributed by atoms with Gasteiger partial charge in [-0.2, -0.15) is 0 Å². The quantitative estimate of drug-likeness (QED) is 0.613. The van der Waals surface area contributed by atoms with E-state index in [2.05, 4.69) is 22.3 Å². The first-order valence-electron chi connectivity index (χ1n) is 10.2. The highest BCUT2D eigenvalue weighted by molar-refractivity contribution is 7.12. The van der Waals surface area contributed by atoms with E-state index in [9.17, 15) is 9.59 Å². The monoisotopic (exact) mass is 419 g/mol. The van der Waals surface area contributed by atoms with Crippen LogP contribution < -0.4 is 15.1 Å². The number of rotatable bonds is 5. The molecule has 1 aliphatic heterocycles. The lowest BCUT2D eigenvalue weighted by Crippen LogP contribution is -2.29. The Morgan fingerprint density at radius 2 is 1.67 bits per heavy atom. The van der Waals surface area contributed by atoms with Crippen LogP contribution in [0.5, 0.6) is 0 Å². The molecule has 2 heterocycles. The number of benzene rings is 2. The lowest BCUT2D eigenvalue weighted by atomic mass is 10.1. The Labute approximate surface area is 180 Å². The van der Waals surface area contributed by atoms with Gasteiger partial charge in [-0.1, -0.05) is 18.2 Å². The van der Waals surface area contributed by atoms with Crippen LogP contribution in [0, 0.1) is 0 Å². The minimum absolute atomic E-state index is 0.129. The third-order valence-electron chi connectivity index (χ3n) is 5.39. The van der Waals surface area contributed by atoms with Crippen molar-refractivity contribution in [1.29, 1.82) is 0 Å². The number of carbonyl (C=O) groups is 2. The molecule has 30 heavy (non-hydrogen) atoms. The van der Waals surface area contributed by atoms with Gasteiger partial charge in [-0.15, -0.1) is 11.3 Å². The molecule has 4 rings (SSSR count). The average Bonchev–Trinajstić information content (AvgIpc) is 3.34. The highest BCUT2D eigenvalue weighted by Gasteiger charge is 2.20. The van der Waals surface area contributed by atoms with Crippen molar-refractivity contribution >= 4 is 40.2 Å². The van der Waals surface area contributed by atoms with Crippen LogP contribution in [0.3, 0.4) is 0 Å². The van der Waals surface area contributed by atoms with Crippen molar-refractivity contribution in [2.24, 2.45) is 0 Å². The maximum absolute atomic E-state index is 13.0. The maximum Gasteiger partial charge on any atom is 0.268 e. The first-order chi connectivity index (χ1) is 14.6. The molecule has 5 nitrogen and oxygen atoms in total. The van der Waals surface area contributed by atoms with Crippen molar-refractivity contribution in [3.63, 3.8) is 0 Å². The van der Waals surface area contributed by atoms with Crippen molar-refractivity contribution in [2.75, 3.05) is 35.3 Å². The molecule has 3 aromatic rings. The van der Waals surface area contributed by atoms with Gasteiger partial charge in [0.15, 0.2) is 0 Å². The van der Waals surface area contributed by atoms with Crippen LogP contribution in [0.15, 0.2) is 66.0 Å². The first kappa shape index (κ1) is 20.2. The van der Waals surface area contributed by atoms with Gasteiger partial charge in [0.1, 0.15) is 0 Å². The smallest absolute Gasteiger partial charge is 0.268 e. The fraction of sp³-hybridized carbons (Fsp3) is 0.250. The van der Waals surface area contributed by atoms with E-state index in [0.29, 0.717) is 16.1 Å². The molecular weight excluding hydrogens is 394 g/mol. The second-order valence-electron chi connectivity index (χ2n) is 7.41. The summed E-state index contributed by atoms with van der Waals surface area (Å²) in [6.45, 7) is 2.17. The van der Waals surface area contributed by atoms with Gasteiger partial charge in [0.05, 0.1) is 16.1 Å². The van der Waals surface area contributed by atoms with Crippen LogP contribution >= 0.6 is 11.3 Å². The molecule has 0 radical (unpaired) electrons. The van der Waals surface area contributed by atoms with Gasteiger partial charge in [-0.05, 0) is 67.1 Å². The molecule has 1 saturated heterocycles. The molecule has 2 amide bonds. The molecule has 0 saturated carbocycles. The number of hydrogen-bond acceptors (Lipinski definition) is 4. The Balaban J connectivity index is 1.49. The Morgan fingerprint density at radius 3 is 2.37 bits per heavy atom. The van der Waals surface area contributed by atoms with Gasteiger partial charge >= 0.3 is 0 Å². The highest BCUT2D eigenvalue weighted by atomic mass is 32.1. The van der Waals surface area contributed by atoms with E-state index >= 15 is 0 Å². The van der Waals surface area contributed by atoms with E-state index in [1.165, 1.54) is 41.2 Å². The fourth-order valence-electron chi connectivity index (χ4n) is 3.74. The third-order valence-corrected chi connectivity index (χ3v) is 6.25. The summed E-state index contributed by atoms with van der Waals surface area (Å²) in [4.78, 5) is 30.3. The number of carbonyl (C=O) groups excluding carboxylic acids is 2. The number of nitrogens with one attached hydrogen (secondary N) is 1. The minimum atomic E-state index is -0.234. The van der Waals surface area contributed by atoms with E-state index in [1.807, 2.05) is 29.6 Å². The SMILES string of the molecule is CN(C(=O)c1cccs1)c1ccccc1C(=O)Nc1ccc(N2CCCCC2)cc1. The van der Waals surface area contributed by atoms with Crippen LogP contribution in [0.1, 0.15) is 39.3 Å². The number of thiophene rings is 1. The molecular formula is C24H25N3O2S. The number of anilines is 3. The molecule has 0 spiro atoms. The summed E-state index contributed by atoms with van der Waals surface area (Å²) in [5, 5.41) is 4.83. The first-order valence-corrected chi connectivity index (χ1v) is 11.1. The van der Waals surface area contributed by atoms with Gasteiger partial charge in [-0.3, -0.25) is 9.59 Å². The summed E-state index contributed by atoms with van der Waals surface area (Å²) in [6.07, 6.45) is 3.76. The zero-order valence-electron chi connectivity index (χ0n) is 17.0. The zero-order chi connectivity index (χ0) is 20.9. The van der Waals surface area contributed by atoms with Gasteiger partial charge in [0, 0.05) is 31.5 Å². The Kier molecular flexibility index (Phi) is 6.14. The zero-order valence-corrected chi connectivity index (χ0v) is 17.8. The minimum Gasteiger partial charge on any atom is -0.372 e. The van der Waals surface area contributed by atoms with Crippen LogP contribution in [0.25, 0.3) is 0 Å². The van der Waals surface area contributed by atoms with Crippen LogP contribution in [-0.4, -0.2) is 32.0 Å². The van der Waals surface area contributed by atoms with Crippen LogP contribution in [0.4, 0.5) is 17.1 Å². The molecule has 1 fully saturated rings. The van der Waals surface area contributed by atoms with E-state index in [1.54, 1.807) is 31.3 Å². The van der Waals surface area contributed by atoms with Crippen molar-refractivity contribution < 1.29 is 9.59 Å². The summed E-state index contributed by atoms with van der Waals surface area (Å²) in [5.74, 6) is -0.363. The topological polar surface area (TPSA) is 52.7 Å². The predicted molar refractivity (Wildman–Crippen MR) is 124 cm³/mol. The third kappa shape index (κ3) is 4.39. The van der Waals surface area contributed by atoms with Crippen molar-refractivity contribution in [2.45, 2.75) is 19.3 Å². The summed E-state index contributed by atoms with van der Waals surface area (Å²) < 4.78 is 0. The average molecular weight is 420 g/mol. The Hall–Kier alpha value is -3.12. The standard InChI is InChI=1S/C24H25N3O2S/c1-26(24(29)22-10-7-17-30-22)21-9-4-3-8-20(21)23(28)25-18-11-13-19(14-12-18)27-15-5-2-6-16-27/h3-4,7-14,17H,2,5-6,15-16H2,1H3,(H,25,28). The predicted octanol–water partition coefficient (Wildman–Crippen LogP) is 5.27. The highest BCUT2D eigenvalue weighted by Crippen LogP contribution is 2.25. The molecule has 154 valence electrons. The molecule has 6 heteroatoms. The molecule has 0 bridgehead atoms. The normalized spacial score (nSPS) is 13.7. The van der Waals surface area contributed by atoms with E-state index in [-0.39, 0.29) is 11.8 Å². The van der Waals surface area contributed by atoms with Gasteiger partial charge in [-0.25, -0.2) is 0 Å². The van der Waals surface area contributed by atoms with E-state index in [0.717, 1.165) is 18.8 Å². The van der Waals surface area contributed by atoms with E-state index in [4.69, 9.17) is 0 Å². The molecule has 2 aromatic carbocycles. The van der Waals surface area contributed by atoms with Gasteiger partial charge < -0.3 is 15.1 Å². The molecule has 1 aromatic heterocycles. The molecule has 0 unspecified atom stereocenters. The van der Waals surface area contributed by atoms with E-state index < -0.39 is 0 Å². The fourth-order valence-corrected chi connectivity index (χ4v) is 4.44. The van der Waals surface area contributed by atoms with Crippen LogP contribution in [-0.2, 0) is 0 Å². The molecule has 0 atom stereocenters. The summed E-state index contributed by atoms with van der Waals surface area (Å²) in [7, 11) is 1.70. The summed E-state index contributed by atoms with van der Waals surface area (Å²) in [5.41, 5.74) is 2.97. The molecule has 1 aliphatic rings. The lowest BCUT2D eigenvalue weighted by molar-refractivity contribution is 0.0996. The molecule has 0 aliphatic carbocycles. The lowest BCUT2D eigenvalue weighted by Gasteiger charge is -2.28. The van der Waals surface area contributed by atoms with Gasteiger partial charge in [0.2, 0.25) is 0 Å². The second kappa shape index (κ2) is 9.13. The number of amides is 2. The van der Waals surface area contributed by atoms with Crippen molar-refractivity contribution in [3.8, 4) is 0 Å². The number of piperidine rings is 1. The number of hydrogen-bond donors (Lipinski definition) is 1. The summed E-state index contributed by atoms with van der Waals surface area (Å²) in [6, 6.07) is 18.8. The Morgan fingerprint density at radius 1 is 0.933 bits per heavy atom. The second-order valence-corrected chi connectivity index (χ2v) is 8.36. The molecule has 1 N–H and O–H groups in total. The number of para-hydroxylation sites is 1. The van der Waals surface area contributed by atoms with Crippen molar-refractivity contribution in [1.82, 2.24) is 0 Å². The maximum atomic E-state index is 13.0. The summed E-state index contributed by atoms with van der Waals surface area (Å²) >= 11 is 1.39. The Bertz CT molecular complexity index is 1010. The number of nitrogens with zero attached hydrogens (tertiary/aromatic N) is 2. The van der Waals surface area contributed by atoms with Crippen molar-refractivity contribution in [3.05, 3.63) is 76.5 Å².